The lowest BCUT2D eigenvalue weighted by Crippen LogP contribution is -2.25. The maximum absolute atomic E-state index is 12.2. The van der Waals surface area contributed by atoms with E-state index < -0.39 is 0 Å². The van der Waals surface area contributed by atoms with Gasteiger partial charge < -0.3 is 9.84 Å². The lowest BCUT2D eigenvalue weighted by atomic mass is 10.2. The molecule has 0 unspecified atom stereocenters. The number of amides is 1. The highest BCUT2D eigenvalue weighted by Crippen LogP contribution is 2.22. The van der Waals surface area contributed by atoms with Gasteiger partial charge in [-0.1, -0.05) is 5.16 Å². The molecule has 8 nitrogen and oxygen atoms in total. The van der Waals surface area contributed by atoms with Crippen LogP contribution in [0.4, 0.5) is 0 Å². The van der Waals surface area contributed by atoms with Crippen LogP contribution in [0.1, 0.15) is 34.7 Å². The van der Waals surface area contributed by atoms with Crippen LogP contribution < -0.4 is 5.32 Å². The lowest BCUT2D eigenvalue weighted by Gasteiger charge is -2.06. The largest absolute Gasteiger partial charge is 0.349 e. The minimum absolute atomic E-state index is 0.0927. The molecule has 1 aliphatic carbocycles. The minimum Gasteiger partial charge on any atom is -0.349 e. The van der Waals surface area contributed by atoms with Gasteiger partial charge in [0.25, 0.3) is 11.8 Å². The van der Waals surface area contributed by atoms with E-state index in [2.05, 4.69) is 25.5 Å². The summed E-state index contributed by atoms with van der Waals surface area (Å²) in [5.41, 5.74) is 2.04. The summed E-state index contributed by atoms with van der Waals surface area (Å²) in [5.74, 6) is 1.49. The highest BCUT2D eigenvalue weighted by Gasteiger charge is 2.25. The molecule has 0 saturated heterocycles. The summed E-state index contributed by atoms with van der Waals surface area (Å²) in [6, 6.07) is 3.90. The zero-order valence-corrected chi connectivity index (χ0v) is 13.4. The molecule has 1 amide bonds. The molecule has 4 rings (SSSR count). The predicted molar refractivity (Wildman–Crippen MR) is 84.6 cm³/mol. The summed E-state index contributed by atoms with van der Waals surface area (Å²) in [6.07, 6.45) is 5.31. The number of aryl methyl sites for hydroxylation is 1. The Morgan fingerprint density at radius 1 is 1.38 bits per heavy atom. The Bertz CT molecular complexity index is 909. The summed E-state index contributed by atoms with van der Waals surface area (Å²) in [5, 5.41) is 11.1. The Morgan fingerprint density at radius 3 is 2.92 bits per heavy atom. The molecule has 0 bridgehead atoms. The maximum atomic E-state index is 12.2. The number of aromatic nitrogens is 5. The number of pyridine rings is 1. The average Bonchev–Trinajstić information content (AvgIpc) is 3.14. The molecule has 3 aromatic heterocycles. The van der Waals surface area contributed by atoms with E-state index in [1.807, 2.05) is 6.92 Å². The fourth-order valence-corrected chi connectivity index (χ4v) is 2.44. The van der Waals surface area contributed by atoms with Crippen molar-refractivity contribution in [3.63, 3.8) is 0 Å². The molecule has 3 aromatic rings. The van der Waals surface area contributed by atoms with Gasteiger partial charge in [-0.2, -0.15) is 10.1 Å². The van der Waals surface area contributed by atoms with E-state index in [1.165, 1.54) is 0 Å². The van der Waals surface area contributed by atoms with Gasteiger partial charge in [-0.15, -0.1) is 0 Å². The predicted octanol–water partition coefficient (Wildman–Crippen LogP) is 1.83. The van der Waals surface area contributed by atoms with E-state index in [4.69, 9.17) is 4.52 Å². The van der Waals surface area contributed by atoms with Crippen LogP contribution in [-0.2, 0) is 0 Å². The van der Waals surface area contributed by atoms with Crippen LogP contribution in [0.3, 0.4) is 0 Å². The van der Waals surface area contributed by atoms with Crippen molar-refractivity contribution in [2.24, 2.45) is 0 Å². The van der Waals surface area contributed by atoms with Gasteiger partial charge in [-0.3, -0.25) is 4.79 Å². The topological polar surface area (TPSA) is 98.7 Å². The van der Waals surface area contributed by atoms with Crippen LogP contribution >= 0.6 is 0 Å². The molecular weight excluding hydrogens is 308 g/mol. The van der Waals surface area contributed by atoms with Gasteiger partial charge in [0.05, 0.1) is 17.5 Å². The van der Waals surface area contributed by atoms with E-state index in [-0.39, 0.29) is 5.91 Å². The Balaban J connectivity index is 1.66. The van der Waals surface area contributed by atoms with Crippen molar-refractivity contribution in [2.75, 3.05) is 0 Å². The van der Waals surface area contributed by atoms with Gasteiger partial charge in [-0.05, 0) is 38.8 Å². The van der Waals surface area contributed by atoms with Crippen LogP contribution in [0.5, 0.6) is 0 Å². The van der Waals surface area contributed by atoms with Crippen LogP contribution in [0, 0.1) is 13.8 Å². The van der Waals surface area contributed by atoms with E-state index in [0.29, 0.717) is 29.1 Å². The molecule has 24 heavy (non-hydrogen) atoms. The first-order chi connectivity index (χ1) is 11.6. The van der Waals surface area contributed by atoms with Gasteiger partial charge >= 0.3 is 0 Å². The summed E-state index contributed by atoms with van der Waals surface area (Å²) in [4.78, 5) is 20.8. The zero-order valence-electron chi connectivity index (χ0n) is 13.4. The summed E-state index contributed by atoms with van der Waals surface area (Å²) in [7, 11) is 0. The third-order valence-corrected chi connectivity index (χ3v) is 3.90. The Labute approximate surface area is 137 Å². The maximum Gasteiger partial charge on any atom is 0.258 e. The van der Waals surface area contributed by atoms with E-state index in [1.54, 1.807) is 36.1 Å². The fraction of sp³-hybridized carbons (Fsp3) is 0.312. The van der Waals surface area contributed by atoms with Crippen molar-refractivity contribution in [1.29, 1.82) is 0 Å². The summed E-state index contributed by atoms with van der Waals surface area (Å²) in [6.45, 7) is 3.61. The van der Waals surface area contributed by atoms with Crippen molar-refractivity contribution in [2.45, 2.75) is 32.7 Å². The number of hydrogen-bond acceptors (Lipinski definition) is 6. The quantitative estimate of drug-likeness (QED) is 0.786. The molecule has 0 radical (unpaired) electrons. The Hall–Kier alpha value is -3.03. The molecule has 122 valence electrons. The number of nitrogens with one attached hydrogen (secondary N) is 1. The first-order valence-electron chi connectivity index (χ1n) is 7.74. The van der Waals surface area contributed by atoms with Crippen LogP contribution in [0.25, 0.3) is 17.3 Å². The smallest absolute Gasteiger partial charge is 0.258 e. The summed E-state index contributed by atoms with van der Waals surface area (Å²) >= 11 is 0. The second-order valence-electron chi connectivity index (χ2n) is 5.85. The Morgan fingerprint density at radius 2 is 2.21 bits per heavy atom. The molecule has 1 aliphatic rings. The van der Waals surface area contributed by atoms with Crippen molar-refractivity contribution >= 4 is 5.91 Å². The van der Waals surface area contributed by atoms with Crippen molar-refractivity contribution in [3.05, 3.63) is 41.6 Å². The standard InChI is InChI=1S/C16H16N6O2/c1-9-13(15(23)20-12-3-4-12)8-18-22(9)14-7-11(5-6-17-14)16-19-10(2)21-24-16/h5-8,12H,3-4H2,1-2H3,(H,20,23). The monoisotopic (exact) mass is 324 g/mol. The molecule has 1 fully saturated rings. The first kappa shape index (κ1) is 14.6. The molecule has 1 N–H and O–H groups in total. The SMILES string of the molecule is Cc1noc(-c2ccnc(-n3ncc(C(=O)NC4CC4)c3C)c2)n1. The second kappa shape index (κ2) is 5.55. The van der Waals surface area contributed by atoms with Crippen LogP contribution in [0.2, 0.25) is 0 Å². The molecule has 1 saturated carbocycles. The van der Waals surface area contributed by atoms with Crippen molar-refractivity contribution < 1.29 is 9.32 Å². The van der Waals surface area contributed by atoms with E-state index >= 15 is 0 Å². The highest BCUT2D eigenvalue weighted by molar-refractivity contribution is 5.95. The van der Waals surface area contributed by atoms with Crippen molar-refractivity contribution in [1.82, 2.24) is 30.2 Å². The molecular formula is C16H16N6O2. The summed E-state index contributed by atoms with van der Waals surface area (Å²) < 4.78 is 6.82. The van der Waals surface area contributed by atoms with Crippen LogP contribution in [0.15, 0.2) is 29.0 Å². The van der Waals surface area contributed by atoms with Gasteiger partial charge in [0.1, 0.15) is 0 Å². The molecule has 0 atom stereocenters. The number of nitrogens with zero attached hydrogens (tertiary/aromatic N) is 5. The highest BCUT2D eigenvalue weighted by atomic mass is 16.5. The molecule has 0 aliphatic heterocycles. The number of rotatable bonds is 4. The lowest BCUT2D eigenvalue weighted by molar-refractivity contribution is 0.0950. The molecule has 0 aromatic carbocycles. The van der Waals surface area contributed by atoms with Gasteiger partial charge in [0, 0.05) is 17.8 Å². The molecule has 8 heteroatoms. The number of carbonyl (C=O) groups is 1. The number of hydrogen-bond donors (Lipinski definition) is 1. The van der Waals surface area contributed by atoms with Crippen molar-refractivity contribution in [3.8, 4) is 17.3 Å². The first-order valence-corrected chi connectivity index (χ1v) is 7.74. The van der Waals surface area contributed by atoms with Gasteiger partial charge in [0.15, 0.2) is 11.6 Å². The third kappa shape index (κ3) is 2.66. The minimum atomic E-state index is -0.0927. The normalized spacial score (nSPS) is 13.9. The molecule has 3 heterocycles. The van der Waals surface area contributed by atoms with Gasteiger partial charge in [0.2, 0.25) is 0 Å². The number of carbonyl (C=O) groups excluding carboxylic acids is 1. The fourth-order valence-electron chi connectivity index (χ4n) is 2.44. The van der Waals surface area contributed by atoms with Crippen LogP contribution in [-0.4, -0.2) is 36.9 Å². The average molecular weight is 324 g/mol. The van der Waals surface area contributed by atoms with Gasteiger partial charge in [-0.25, -0.2) is 9.67 Å². The second-order valence-corrected chi connectivity index (χ2v) is 5.85. The molecule has 0 spiro atoms. The van der Waals surface area contributed by atoms with E-state index in [0.717, 1.165) is 24.1 Å². The van der Waals surface area contributed by atoms with E-state index in [9.17, 15) is 4.79 Å². The zero-order chi connectivity index (χ0) is 16.7. The Kier molecular flexibility index (Phi) is 3.37. The third-order valence-electron chi connectivity index (χ3n) is 3.90.